The highest BCUT2D eigenvalue weighted by Gasteiger charge is 2.55. The van der Waals surface area contributed by atoms with E-state index in [-0.39, 0.29) is 31.3 Å². The number of aryl methyl sites for hydroxylation is 1. The van der Waals surface area contributed by atoms with Crippen molar-refractivity contribution in [2.75, 3.05) is 0 Å². The minimum atomic E-state index is -4.37. The van der Waals surface area contributed by atoms with Crippen LogP contribution in [0.25, 0.3) is 0 Å². The van der Waals surface area contributed by atoms with Crippen molar-refractivity contribution >= 4 is 10.1 Å². The second-order valence-corrected chi connectivity index (χ2v) is 13.9. The first kappa shape index (κ1) is 35.6. The van der Waals surface area contributed by atoms with Crippen molar-refractivity contribution in [2.24, 2.45) is 0 Å². The lowest BCUT2D eigenvalue weighted by Gasteiger charge is -2.48. The lowest BCUT2D eigenvalue weighted by Crippen LogP contribution is -2.67. The van der Waals surface area contributed by atoms with Crippen LogP contribution in [0.4, 0.5) is 0 Å². The van der Waals surface area contributed by atoms with Gasteiger partial charge in [0.1, 0.15) is 36.6 Å². The molecule has 0 radical (unpaired) electrons. The lowest BCUT2D eigenvalue weighted by atomic mass is 9.84. The maximum Gasteiger partial charge on any atom is 0.297 e. The summed E-state index contributed by atoms with van der Waals surface area (Å²) in [5, 5.41) is 12.2. The second-order valence-electron chi connectivity index (χ2n) is 12.4. The van der Waals surface area contributed by atoms with E-state index >= 15 is 0 Å². The van der Waals surface area contributed by atoms with Crippen LogP contribution in [0.5, 0.6) is 0 Å². The van der Waals surface area contributed by atoms with Gasteiger partial charge >= 0.3 is 0 Å². The molecule has 0 spiro atoms. The predicted octanol–water partition coefficient (Wildman–Crippen LogP) is 6.79. The van der Waals surface area contributed by atoms with Gasteiger partial charge in [-0.2, -0.15) is 8.42 Å². The maximum atomic E-state index is 13.8. The normalized spacial score (nSPS) is 22.3. The Hall–Kier alpha value is -4.19. The predicted molar refractivity (Wildman–Crippen MR) is 189 cm³/mol. The summed E-state index contributed by atoms with van der Waals surface area (Å²) in [7, 11) is -4.37. The first-order valence-electron chi connectivity index (χ1n) is 16.7. The molecule has 0 heterocycles. The lowest BCUT2D eigenvalue weighted by molar-refractivity contribution is -0.268. The van der Waals surface area contributed by atoms with Crippen LogP contribution in [-0.2, 0) is 59.7 Å². The number of hydrogen-bond acceptors (Lipinski definition) is 8. The molecule has 6 rings (SSSR count). The van der Waals surface area contributed by atoms with E-state index in [1.165, 1.54) is 12.1 Å². The maximum absolute atomic E-state index is 13.8. The molecule has 0 aromatic heterocycles. The molecular weight excluding hydrogens is 653 g/mol. The van der Waals surface area contributed by atoms with Crippen LogP contribution in [-0.4, -0.2) is 50.1 Å². The van der Waals surface area contributed by atoms with E-state index in [9.17, 15) is 13.5 Å². The molecule has 0 amide bonds. The summed E-state index contributed by atoms with van der Waals surface area (Å²) >= 11 is 0. The summed E-state index contributed by atoms with van der Waals surface area (Å²) in [5.74, 6) is 0. The molecule has 6 unspecified atom stereocenters. The van der Waals surface area contributed by atoms with Crippen LogP contribution >= 0.6 is 0 Å². The van der Waals surface area contributed by atoms with Crippen LogP contribution in [0.1, 0.15) is 27.8 Å². The van der Waals surface area contributed by atoms with E-state index in [1.807, 2.05) is 128 Å². The molecule has 8 nitrogen and oxygen atoms in total. The third-order valence-electron chi connectivity index (χ3n) is 8.66. The standard InChI is InChI=1S/C41H42O8S/c1-30-22-24-35(25-23-30)50(43,44)49-38-36(42)37(45-26-31-14-6-2-7-15-31)39(46-27-32-16-8-3-9-17-32)41(48-29-34-20-12-5-13-21-34)40(38)47-28-33-18-10-4-11-19-33/h2-25,36-42H,26-29H2,1H3. The first-order valence-corrected chi connectivity index (χ1v) is 18.1. The monoisotopic (exact) mass is 694 g/mol. The SMILES string of the molecule is Cc1ccc(S(=O)(=O)OC2C(O)C(OCc3ccccc3)C(OCc3ccccc3)C(OCc3ccccc3)C2OCc2ccccc2)cc1. The number of ether oxygens (including phenoxy) is 4. The average molecular weight is 695 g/mol. The molecule has 1 saturated carbocycles. The van der Waals surface area contributed by atoms with Gasteiger partial charge in [-0.3, -0.25) is 4.18 Å². The highest BCUT2D eigenvalue weighted by Crippen LogP contribution is 2.36. The molecule has 9 heteroatoms. The zero-order valence-electron chi connectivity index (χ0n) is 27.9. The Morgan fingerprint density at radius 2 is 0.780 bits per heavy atom. The summed E-state index contributed by atoms with van der Waals surface area (Å²) in [6, 6.07) is 44.7. The van der Waals surface area contributed by atoms with Crippen LogP contribution < -0.4 is 0 Å². The van der Waals surface area contributed by atoms with Gasteiger partial charge in [0, 0.05) is 0 Å². The second kappa shape index (κ2) is 17.2. The molecule has 5 aromatic carbocycles. The molecule has 1 aliphatic rings. The number of aliphatic hydroxyl groups is 1. The van der Waals surface area contributed by atoms with E-state index in [0.717, 1.165) is 27.8 Å². The van der Waals surface area contributed by atoms with Gasteiger partial charge in [-0.05, 0) is 41.3 Å². The molecule has 0 saturated heterocycles. The van der Waals surface area contributed by atoms with E-state index in [1.54, 1.807) is 12.1 Å². The van der Waals surface area contributed by atoms with Crippen LogP contribution in [0, 0.1) is 6.92 Å². The van der Waals surface area contributed by atoms with Crippen molar-refractivity contribution in [3.63, 3.8) is 0 Å². The average Bonchev–Trinajstić information content (AvgIpc) is 3.15. The van der Waals surface area contributed by atoms with Crippen LogP contribution in [0.15, 0.2) is 150 Å². The summed E-state index contributed by atoms with van der Waals surface area (Å²) in [6.07, 6.45) is -6.87. The van der Waals surface area contributed by atoms with Gasteiger partial charge < -0.3 is 24.1 Å². The smallest absolute Gasteiger partial charge is 0.297 e. The minimum absolute atomic E-state index is 0.0388. The topological polar surface area (TPSA) is 101 Å². The molecule has 6 atom stereocenters. The van der Waals surface area contributed by atoms with Crippen LogP contribution in [0.3, 0.4) is 0 Å². The Morgan fingerprint density at radius 3 is 1.16 bits per heavy atom. The highest BCUT2D eigenvalue weighted by atomic mass is 32.2. The van der Waals surface area contributed by atoms with Crippen molar-refractivity contribution in [2.45, 2.75) is 74.9 Å². The fourth-order valence-corrected chi connectivity index (χ4v) is 7.08. The van der Waals surface area contributed by atoms with Crippen molar-refractivity contribution in [1.29, 1.82) is 0 Å². The fourth-order valence-electron chi connectivity index (χ4n) is 5.98. The summed E-state index contributed by atoms with van der Waals surface area (Å²) in [4.78, 5) is -0.0388. The molecule has 260 valence electrons. The minimum Gasteiger partial charge on any atom is -0.387 e. The zero-order chi connectivity index (χ0) is 34.8. The largest absolute Gasteiger partial charge is 0.387 e. The third kappa shape index (κ3) is 9.32. The van der Waals surface area contributed by atoms with Gasteiger partial charge in [0.15, 0.2) is 0 Å². The molecule has 1 N–H and O–H groups in total. The summed E-state index contributed by atoms with van der Waals surface area (Å²) in [6.45, 7) is 2.46. The Balaban J connectivity index is 1.40. The molecular formula is C41H42O8S. The molecule has 1 fully saturated rings. The fraction of sp³-hybridized carbons (Fsp3) is 0.268. The molecule has 0 bridgehead atoms. The highest BCUT2D eigenvalue weighted by molar-refractivity contribution is 7.86. The summed E-state index contributed by atoms with van der Waals surface area (Å²) in [5.41, 5.74) is 4.43. The summed E-state index contributed by atoms with van der Waals surface area (Å²) < 4.78 is 59.9. The molecule has 1 aliphatic carbocycles. The molecule has 5 aromatic rings. The van der Waals surface area contributed by atoms with Gasteiger partial charge in [0.25, 0.3) is 10.1 Å². The first-order chi connectivity index (χ1) is 24.4. The van der Waals surface area contributed by atoms with Gasteiger partial charge in [-0.25, -0.2) is 0 Å². The van der Waals surface area contributed by atoms with E-state index < -0.39 is 46.7 Å². The van der Waals surface area contributed by atoms with Gasteiger partial charge in [0.05, 0.1) is 31.3 Å². The number of aliphatic hydroxyl groups excluding tert-OH is 1. The number of rotatable bonds is 15. The molecule has 50 heavy (non-hydrogen) atoms. The van der Waals surface area contributed by atoms with Crippen molar-refractivity contribution in [1.82, 2.24) is 0 Å². The van der Waals surface area contributed by atoms with E-state index in [2.05, 4.69) is 0 Å². The quantitative estimate of drug-likeness (QED) is 0.120. The molecule has 0 aliphatic heterocycles. The van der Waals surface area contributed by atoms with Crippen molar-refractivity contribution in [3.8, 4) is 0 Å². The van der Waals surface area contributed by atoms with Crippen molar-refractivity contribution < 1.29 is 36.7 Å². The third-order valence-corrected chi connectivity index (χ3v) is 9.98. The van der Waals surface area contributed by atoms with Crippen molar-refractivity contribution in [3.05, 3.63) is 173 Å². The van der Waals surface area contributed by atoms with E-state index in [4.69, 9.17) is 23.1 Å². The Bertz CT molecular complexity index is 1840. The van der Waals surface area contributed by atoms with E-state index in [0.29, 0.717) is 0 Å². The van der Waals surface area contributed by atoms with Crippen LogP contribution in [0.2, 0.25) is 0 Å². The van der Waals surface area contributed by atoms with Gasteiger partial charge in [0.2, 0.25) is 0 Å². The van der Waals surface area contributed by atoms with Gasteiger partial charge in [-0.1, -0.05) is 139 Å². The number of hydrogen-bond donors (Lipinski definition) is 1. The zero-order valence-corrected chi connectivity index (χ0v) is 28.7. The van der Waals surface area contributed by atoms with Gasteiger partial charge in [-0.15, -0.1) is 0 Å². The Labute approximate surface area is 294 Å². The Kier molecular flexibility index (Phi) is 12.2. The Morgan fingerprint density at radius 1 is 0.460 bits per heavy atom. The number of benzene rings is 5.